The Labute approximate surface area is 150 Å². The smallest absolute Gasteiger partial charge is 0.269 e. The summed E-state index contributed by atoms with van der Waals surface area (Å²) in [5.41, 5.74) is 0.944. The Hall–Kier alpha value is -2.28. The van der Waals surface area contributed by atoms with Crippen LogP contribution in [0.15, 0.2) is 30.5 Å². The minimum Gasteiger partial charge on any atom is -0.302 e. The van der Waals surface area contributed by atoms with Crippen molar-refractivity contribution in [3.63, 3.8) is 0 Å². The summed E-state index contributed by atoms with van der Waals surface area (Å²) < 4.78 is 0. The summed E-state index contributed by atoms with van der Waals surface area (Å²) in [5, 5.41) is 14.3. The van der Waals surface area contributed by atoms with Crippen LogP contribution in [-0.4, -0.2) is 15.8 Å². The summed E-state index contributed by atoms with van der Waals surface area (Å²) in [6.07, 6.45) is 8.87. The standard InChI is InChI=1S/C18H21N3O3S/c22-17(9-8-13-4-1-2-5-13)20-18-19-12-16(25-18)11-14-6-3-7-15(10-14)21(23)24/h3,6-7,10,12-13H,1-2,4-5,8-9,11H2,(H,19,20,22). The van der Waals surface area contributed by atoms with Gasteiger partial charge in [-0.15, -0.1) is 11.3 Å². The molecule has 0 saturated heterocycles. The number of anilines is 1. The van der Waals surface area contributed by atoms with Gasteiger partial charge in [-0.2, -0.15) is 0 Å². The molecule has 0 aliphatic heterocycles. The van der Waals surface area contributed by atoms with Crippen LogP contribution in [0.4, 0.5) is 10.8 Å². The second kappa shape index (κ2) is 8.20. The molecule has 6 nitrogen and oxygen atoms in total. The average molecular weight is 359 g/mol. The van der Waals surface area contributed by atoms with Gasteiger partial charge in [-0.05, 0) is 17.9 Å². The van der Waals surface area contributed by atoms with Crippen molar-refractivity contribution in [1.29, 1.82) is 0 Å². The van der Waals surface area contributed by atoms with Crippen molar-refractivity contribution in [3.8, 4) is 0 Å². The molecule has 1 heterocycles. The Kier molecular flexibility index (Phi) is 5.75. The lowest BCUT2D eigenvalue weighted by atomic mass is 10.0. The number of amides is 1. The van der Waals surface area contributed by atoms with E-state index in [1.165, 1.54) is 43.1 Å². The van der Waals surface area contributed by atoms with Gasteiger partial charge in [0.1, 0.15) is 0 Å². The summed E-state index contributed by atoms with van der Waals surface area (Å²) in [4.78, 5) is 27.7. The highest BCUT2D eigenvalue weighted by atomic mass is 32.1. The van der Waals surface area contributed by atoms with Crippen LogP contribution >= 0.6 is 11.3 Å². The van der Waals surface area contributed by atoms with Crippen LogP contribution in [-0.2, 0) is 11.2 Å². The number of carbonyl (C=O) groups excluding carboxylic acids is 1. The van der Waals surface area contributed by atoms with E-state index in [4.69, 9.17) is 0 Å². The zero-order chi connectivity index (χ0) is 17.6. The minimum absolute atomic E-state index is 0.0168. The van der Waals surface area contributed by atoms with Gasteiger partial charge in [0.05, 0.1) is 4.92 Å². The summed E-state index contributed by atoms with van der Waals surface area (Å²) in [6, 6.07) is 6.58. The van der Waals surface area contributed by atoms with Gasteiger partial charge in [0.15, 0.2) is 5.13 Å². The van der Waals surface area contributed by atoms with Gasteiger partial charge in [-0.3, -0.25) is 14.9 Å². The molecule has 1 aromatic heterocycles. The Morgan fingerprint density at radius 2 is 2.16 bits per heavy atom. The molecular weight excluding hydrogens is 338 g/mol. The Bertz CT molecular complexity index is 754. The third-order valence-corrected chi connectivity index (χ3v) is 5.47. The van der Waals surface area contributed by atoms with Crippen molar-refractivity contribution in [2.45, 2.75) is 44.9 Å². The monoisotopic (exact) mass is 359 g/mol. The van der Waals surface area contributed by atoms with E-state index in [9.17, 15) is 14.9 Å². The minimum atomic E-state index is -0.397. The highest BCUT2D eigenvalue weighted by Crippen LogP contribution is 2.29. The number of non-ortho nitro benzene ring substituents is 1. The Balaban J connectivity index is 1.52. The van der Waals surface area contributed by atoms with E-state index in [-0.39, 0.29) is 11.6 Å². The van der Waals surface area contributed by atoms with Gasteiger partial charge in [-0.1, -0.05) is 37.8 Å². The number of nitrogens with one attached hydrogen (secondary N) is 1. The first-order chi connectivity index (χ1) is 12.1. The van der Waals surface area contributed by atoms with E-state index < -0.39 is 4.92 Å². The first kappa shape index (κ1) is 17.5. The molecule has 1 amide bonds. The molecule has 1 saturated carbocycles. The second-order valence-corrected chi connectivity index (χ2v) is 7.59. The number of hydrogen-bond acceptors (Lipinski definition) is 5. The lowest BCUT2D eigenvalue weighted by Gasteiger charge is -2.07. The van der Waals surface area contributed by atoms with E-state index in [2.05, 4.69) is 10.3 Å². The molecule has 2 aromatic rings. The SMILES string of the molecule is O=C(CCC1CCCC1)Nc1ncc(Cc2cccc([N+](=O)[O-])c2)s1. The maximum atomic E-state index is 12.0. The molecule has 132 valence electrons. The zero-order valence-electron chi connectivity index (χ0n) is 13.9. The topological polar surface area (TPSA) is 85.1 Å². The van der Waals surface area contributed by atoms with Gasteiger partial charge >= 0.3 is 0 Å². The molecule has 0 bridgehead atoms. The van der Waals surface area contributed by atoms with E-state index in [0.717, 1.165) is 16.9 Å². The van der Waals surface area contributed by atoms with Gasteiger partial charge in [0.25, 0.3) is 5.69 Å². The predicted octanol–water partition coefficient (Wildman–Crippen LogP) is 4.55. The van der Waals surface area contributed by atoms with Crippen molar-refractivity contribution in [2.24, 2.45) is 5.92 Å². The summed E-state index contributed by atoms with van der Waals surface area (Å²) in [5.74, 6) is 0.717. The fraction of sp³-hybridized carbons (Fsp3) is 0.444. The molecular formula is C18H21N3O3S. The predicted molar refractivity (Wildman–Crippen MR) is 97.8 cm³/mol. The van der Waals surface area contributed by atoms with Crippen molar-refractivity contribution in [3.05, 3.63) is 51.0 Å². The number of nitro benzene ring substituents is 1. The first-order valence-corrected chi connectivity index (χ1v) is 9.39. The summed E-state index contributed by atoms with van der Waals surface area (Å²) in [6.45, 7) is 0. The summed E-state index contributed by atoms with van der Waals surface area (Å²) >= 11 is 1.42. The molecule has 0 unspecified atom stereocenters. The van der Waals surface area contributed by atoms with E-state index in [1.54, 1.807) is 18.3 Å². The molecule has 1 N–H and O–H groups in total. The highest BCUT2D eigenvalue weighted by Gasteiger charge is 2.16. The fourth-order valence-corrected chi connectivity index (χ4v) is 4.11. The molecule has 1 aromatic carbocycles. The van der Waals surface area contributed by atoms with Gasteiger partial charge in [-0.25, -0.2) is 4.98 Å². The summed E-state index contributed by atoms with van der Waals surface area (Å²) in [7, 11) is 0. The van der Waals surface area contributed by atoms with Gasteiger partial charge in [0.2, 0.25) is 5.91 Å². The molecule has 1 aliphatic carbocycles. The lowest BCUT2D eigenvalue weighted by molar-refractivity contribution is -0.384. The maximum absolute atomic E-state index is 12.0. The van der Waals surface area contributed by atoms with Gasteiger partial charge in [0, 0.05) is 36.0 Å². The normalized spacial score (nSPS) is 14.6. The van der Waals surface area contributed by atoms with Crippen LogP contribution in [0.2, 0.25) is 0 Å². The van der Waals surface area contributed by atoms with E-state index in [1.807, 2.05) is 6.07 Å². The quantitative estimate of drug-likeness (QED) is 0.580. The Morgan fingerprint density at radius 3 is 2.92 bits per heavy atom. The molecule has 1 fully saturated rings. The molecule has 25 heavy (non-hydrogen) atoms. The molecule has 3 rings (SSSR count). The number of hydrogen-bond donors (Lipinski definition) is 1. The number of rotatable bonds is 7. The van der Waals surface area contributed by atoms with Crippen LogP contribution in [0.1, 0.15) is 49.0 Å². The number of thiazole rings is 1. The van der Waals surface area contributed by atoms with Crippen molar-refractivity contribution in [2.75, 3.05) is 5.32 Å². The molecule has 7 heteroatoms. The zero-order valence-corrected chi connectivity index (χ0v) is 14.8. The van der Waals surface area contributed by atoms with Crippen molar-refractivity contribution < 1.29 is 9.72 Å². The largest absolute Gasteiger partial charge is 0.302 e. The maximum Gasteiger partial charge on any atom is 0.269 e. The fourth-order valence-electron chi connectivity index (χ4n) is 3.24. The van der Waals surface area contributed by atoms with Crippen LogP contribution in [0.25, 0.3) is 0 Å². The molecule has 0 radical (unpaired) electrons. The molecule has 0 spiro atoms. The van der Waals surface area contributed by atoms with Crippen LogP contribution < -0.4 is 5.32 Å². The van der Waals surface area contributed by atoms with Crippen LogP contribution in [0.3, 0.4) is 0 Å². The number of carbonyl (C=O) groups is 1. The average Bonchev–Trinajstić information content (AvgIpc) is 3.25. The second-order valence-electron chi connectivity index (χ2n) is 6.47. The van der Waals surface area contributed by atoms with Crippen LogP contribution in [0.5, 0.6) is 0 Å². The number of nitrogens with zero attached hydrogens (tertiary/aromatic N) is 2. The number of benzene rings is 1. The molecule has 1 aliphatic rings. The van der Waals surface area contributed by atoms with Crippen LogP contribution in [0, 0.1) is 16.0 Å². The van der Waals surface area contributed by atoms with E-state index >= 15 is 0 Å². The Morgan fingerprint density at radius 1 is 1.36 bits per heavy atom. The highest BCUT2D eigenvalue weighted by molar-refractivity contribution is 7.15. The number of nitro groups is 1. The van der Waals surface area contributed by atoms with Crippen molar-refractivity contribution >= 4 is 28.1 Å². The first-order valence-electron chi connectivity index (χ1n) is 8.58. The third-order valence-electron chi connectivity index (χ3n) is 4.55. The van der Waals surface area contributed by atoms with Gasteiger partial charge < -0.3 is 5.32 Å². The third kappa shape index (κ3) is 5.09. The van der Waals surface area contributed by atoms with Crippen molar-refractivity contribution in [1.82, 2.24) is 4.98 Å². The lowest BCUT2D eigenvalue weighted by Crippen LogP contribution is -2.12. The number of aromatic nitrogens is 1. The van der Waals surface area contributed by atoms with E-state index in [0.29, 0.717) is 23.9 Å². The molecule has 0 atom stereocenters.